The molecule has 116 valence electrons. The summed E-state index contributed by atoms with van der Waals surface area (Å²) in [4.78, 5) is 21.9. The minimum atomic E-state index is -1.16. The first-order valence-electron chi connectivity index (χ1n) is 6.84. The molecule has 2 aromatic rings. The van der Waals surface area contributed by atoms with Gasteiger partial charge < -0.3 is 14.8 Å². The van der Waals surface area contributed by atoms with Gasteiger partial charge in [0.1, 0.15) is 5.82 Å². The highest BCUT2D eigenvalue weighted by Crippen LogP contribution is 2.25. The number of benzene rings is 1. The van der Waals surface area contributed by atoms with E-state index < -0.39 is 5.97 Å². The summed E-state index contributed by atoms with van der Waals surface area (Å²) in [5, 5.41) is 11.6. The SMILES string of the molecule is Cc1nc(SCc2cccc(C(=O)[O-])c2)nc(N(C)C)c1C. The number of hydrogen-bond donors (Lipinski definition) is 0. The van der Waals surface area contributed by atoms with Crippen LogP contribution in [0.2, 0.25) is 0 Å². The zero-order valence-corrected chi connectivity index (χ0v) is 13.9. The van der Waals surface area contributed by atoms with Crippen molar-refractivity contribution in [2.45, 2.75) is 24.8 Å². The Hall–Kier alpha value is -2.08. The van der Waals surface area contributed by atoms with E-state index in [4.69, 9.17) is 0 Å². The number of carboxylic acid groups (broad SMARTS) is 1. The summed E-state index contributed by atoms with van der Waals surface area (Å²) in [7, 11) is 3.90. The van der Waals surface area contributed by atoms with Gasteiger partial charge in [-0.15, -0.1) is 0 Å². The molecule has 0 aliphatic rings. The lowest BCUT2D eigenvalue weighted by Crippen LogP contribution is -2.22. The first-order valence-corrected chi connectivity index (χ1v) is 7.82. The molecule has 0 unspecified atom stereocenters. The number of thioether (sulfide) groups is 1. The zero-order valence-electron chi connectivity index (χ0n) is 13.1. The van der Waals surface area contributed by atoms with Crippen LogP contribution in [-0.4, -0.2) is 30.0 Å². The van der Waals surface area contributed by atoms with Crippen molar-refractivity contribution in [3.05, 3.63) is 46.6 Å². The van der Waals surface area contributed by atoms with Crippen molar-refractivity contribution in [2.24, 2.45) is 0 Å². The number of carbonyl (C=O) groups excluding carboxylic acids is 1. The summed E-state index contributed by atoms with van der Waals surface area (Å²) in [6.45, 7) is 3.97. The average molecular weight is 316 g/mol. The Morgan fingerprint density at radius 3 is 2.64 bits per heavy atom. The van der Waals surface area contributed by atoms with Crippen LogP contribution in [0.3, 0.4) is 0 Å². The molecule has 0 fully saturated rings. The molecule has 1 aromatic heterocycles. The molecule has 2 rings (SSSR count). The van der Waals surface area contributed by atoms with Crippen LogP contribution in [-0.2, 0) is 5.75 Å². The fraction of sp³-hybridized carbons (Fsp3) is 0.312. The smallest absolute Gasteiger partial charge is 0.190 e. The van der Waals surface area contributed by atoms with E-state index in [0.29, 0.717) is 10.9 Å². The topological polar surface area (TPSA) is 69.1 Å². The van der Waals surface area contributed by atoms with E-state index in [-0.39, 0.29) is 5.56 Å². The lowest BCUT2D eigenvalue weighted by molar-refractivity contribution is -0.255. The van der Waals surface area contributed by atoms with Crippen LogP contribution < -0.4 is 10.0 Å². The Labute approximate surface area is 134 Å². The molecule has 0 amide bonds. The first kappa shape index (κ1) is 16.3. The molecule has 1 aromatic carbocycles. The second kappa shape index (κ2) is 6.79. The molecule has 6 heteroatoms. The van der Waals surface area contributed by atoms with Crippen LogP contribution in [0, 0.1) is 13.8 Å². The van der Waals surface area contributed by atoms with Gasteiger partial charge in [-0.2, -0.15) is 0 Å². The van der Waals surface area contributed by atoms with Crippen LogP contribution >= 0.6 is 11.8 Å². The van der Waals surface area contributed by atoms with Gasteiger partial charge in [0.2, 0.25) is 0 Å². The van der Waals surface area contributed by atoms with E-state index in [1.165, 1.54) is 17.8 Å². The number of carboxylic acids is 1. The predicted molar refractivity (Wildman–Crippen MR) is 86.2 cm³/mol. The summed E-state index contributed by atoms with van der Waals surface area (Å²) in [5.74, 6) is 0.346. The van der Waals surface area contributed by atoms with Crippen molar-refractivity contribution in [3.63, 3.8) is 0 Å². The summed E-state index contributed by atoms with van der Waals surface area (Å²) >= 11 is 1.49. The van der Waals surface area contributed by atoms with Crippen molar-refractivity contribution in [2.75, 3.05) is 19.0 Å². The molecule has 0 saturated carbocycles. The summed E-state index contributed by atoms with van der Waals surface area (Å²) in [6, 6.07) is 6.75. The maximum atomic E-state index is 10.9. The van der Waals surface area contributed by atoms with Crippen molar-refractivity contribution >= 4 is 23.5 Å². The molecule has 0 saturated heterocycles. The third-order valence-corrected chi connectivity index (χ3v) is 4.22. The molecule has 0 N–H and O–H groups in total. The van der Waals surface area contributed by atoms with E-state index in [0.717, 1.165) is 22.6 Å². The molecular weight excluding hydrogens is 298 g/mol. The largest absolute Gasteiger partial charge is 0.545 e. The van der Waals surface area contributed by atoms with Crippen LogP contribution in [0.5, 0.6) is 0 Å². The Morgan fingerprint density at radius 2 is 2.00 bits per heavy atom. The standard InChI is InChI=1S/C16H19N3O2S/c1-10-11(2)17-16(18-14(10)19(3)4)22-9-12-6-5-7-13(8-12)15(20)21/h5-8H,9H2,1-4H3,(H,20,21)/p-1. The van der Waals surface area contributed by atoms with Gasteiger partial charge >= 0.3 is 0 Å². The second-order valence-corrected chi connectivity index (χ2v) is 6.15. The minimum absolute atomic E-state index is 0.188. The lowest BCUT2D eigenvalue weighted by atomic mass is 10.1. The van der Waals surface area contributed by atoms with E-state index in [9.17, 15) is 9.90 Å². The monoisotopic (exact) mass is 316 g/mol. The fourth-order valence-electron chi connectivity index (χ4n) is 2.02. The number of nitrogens with zero attached hydrogens (tertiary/aromatic N) is 3. The third kappa shape index (κ3) is 3.76. The number of carbonyl (C=O) groups is 1. The molecule has 5 nitrogen and oxygen atoms in total. The number of aromatic carboxylic acids is 1. The molecule has 0 aliphatic carbocycles. The summed E-state index contributed by atoms with van der Waals surface area (Å²) in [6.07, 6.45) is 0. The zero-order chi connectivity index (χ0) is 16.3. The number of aryl methyl sites for hydroxylation is 1. The predicted octanol–water partition coefficient (Wildman–Crippen LogP) is 1.82. The van der Waals surface area contributed by atoms with Crippen LogP contribution in [0.25, 0.3) is 0 Å². The van der Waals surface area contributed by atoms with E-state index >= 15 is 0 Å². The summed E-state index contributed by atoms with van der Waals surface area (Å²) < 4.78 is 0. The molecule has 0 spiro atoms. The molecule has 0 aliphatic heterocycles. The van der Waals surface area contributed by atoms with Gasteiger partial charge in [0.25, 0.3) is 0 Å². The van der Waals surface area contributed by atoms with Gasteiger partial charge in [-0.1, -0.05) is 30.0 Å². The molecule has 22 heavy (non-hydrogen) atoms. The van der Waals surface area contributed by atoms with Crippen LogP contribution in [0.4, 0.5) is 5.82 Å². The number of hydrogen-bond acceptors (Lipinski definition) is 6. The van der Waals surface area contributed by atoms with Gasteiger partial charge in [-0.3, -0.25) is 0 Å². The van der Waals surface area contributed by atoms with Gasteiger partial charge in [-0.05, 0) is 31.0 Å². The molecular formula is C16H18N3O2S-. The number of anilines is 1. The van der Waals surface area contributed by atoms with E-state index in [1.807, 2.05) is 38.9 Å². The Morgan fingerprint density at radius 1 is 1.27 bits per heavy atom. The number of rotatable bonds is 5. The second-order valence-electron chi connectivity index (χ2n) is 5.21. The molecule has 0 radical (unpaired) electrons. The van der Waals surface area contributed by atoms with Crippen LogP contribution in [0.1, 0.15) is 27.2 Å². The Kier molecular flexibility index (Phi) is 5.03. The highest BCUT2D eigenvalue weighted by Gasteiger charge is 2.10. The van der Waals surface area contributed by atoms with Gasteiger partial charge in [0.15, 0.2) is 5.16 Å². The molecule has 1 heterocycles. The van der Waals surface area contributed by atoms with Gasteiger partial charge in [0, 0.05) is 31.1 Å². The van der Waals surface area contributed by atoms with Crippen molar-refractivity contribution < 1.29 is 9.90 Å². The van der Waals surface area contributed by atoms with Gasteiger partial charge in [0.05, 0.1) is 5.97 Å². The fourth-order valence-corrected chi connectivity index (χ4v) is 2.85. The lowest BCUT2D eigenvalue weighted by Gasteiger charge is -2.16. The van der Waals surface area contributed by atoms with Crippen molar-refractivity contribution in [1.29, 1.82) is 0 Å². The first-order chi connectivity index (χ1) is 10.4. The van der Waals surface area contributed by atoms with Crippen molar-refractivity contribution in [1.82, 2.24) is 9.97 Å². The molecule has 0 atom stereocenters. The molecule has 0 bridgehead atoms. The number of aromatic nitrogens is 2. The Bertz CT molecular complexity index is 702. The minimum Gasteiger partial charge on any atom is -0.545 e. The Balaban J connectivity index is 2.18. The van der Waals surface area contributed by atoms with E-state index in [2.05, 4.69) is 9.97 Å². The quantitative estimate of drug-likeness (QED) is 0.619. The highest BCUT2D eigenvalue weighted by atomic mass is 32.2. The average Bonchev–Trinajstić information content (AvgIpc) is 2.48. The van der Waals surface area contributed by atoms with Crippen molar-refractivity contribution in [3.8, 4) is 0 Å². The van der Waals surface area contributed by atoms with Gasteiger partial charge in [-0.25, -0.2) is 9.97 Å². The highest BCUT2D eigenvalue weighted by molar-refractivity contribution is 7.98. The van der Waals surface area contributed by atoms with E-state index in [1.54, 1.807) is 12.1 Å². The maximum absolute atomic E-state index is 10.9. The van der Waals surface area contributed by atoms with Crippen LogP contribution in [0.15, 0.2) is 29.4 Å². The summed E-state index contributed by atoms with van der Waals surface area (Å²) in [5.41, 5.74) is 3.10. The maximum Gasteiger partial charge on any atom is 0.190 e. The third-order valence-electron chi connectivity index (χ3n) is 3.30. The normalized spacial score (nSPS) is 10.5.